The zero-order valence-electron chi connectivity index (χ0n) is 8.96. The molecule has 1 aromatic carbocycles. The van der Waals surface area contributed by atoms with Gasteiger partial charge in [0.2, 0.25) is 5.91 Å². The van der Waals surface area contributed by atoms with E-state index < -0.39 is 29.6 Å². The summed E-state index contributed by atoms with van der Waals surface area (Å²) >= 11 is 0. The average Bonchev–Trinajstić information content (AvgIpc) is 2.22. The zero-order valence-corrected chi connectivity index (χ0v) is 8.96. The number of imide groups is 1. The van der Waals surface area contributed by atoms with Gasteiger partial charge in [0, 0.05) is 0 Å². The predicted molar refractivity (Wildman–Crippen MR) is 57.2 cm³/mol. The van der Waals surface area contributed by atoms with Crippen molar-refractivity contribution in [2.75, 3.05) is 5.32 Å². The Kier molecular flexibility index (Phi) is 3.97. The van der Waals surface area contributed by atoms with Gasteiger partial charge in [-0.3, -0.25) is 10.1 Å². The van der Waals surface area contributed by atoms with Gasteiger partial charge in [0.15, 0.2) is 0 Å². The van der Waals surface area contributed by atoms with Gasteiger partial charge in [0.1, 0.15) is 17.7 Å². The van der Waals surface area contributed by atoms with Crippen LogP contribution in [-0.4, -0.2) is 18.0 Å². The highest BCUT2D eigenvalue weighted by atomic mass is 19.1. The van der Waals surface area contributed by atoms with Crippen molar-refractivity contribution in [3.63, 3.8) is 0 Å². The minimum absolute atomic E-state index is 0.169. The molecular weight excluding hydrogens is 232 g/mol. The highest BCUT2D eigenvalue weighted by Gasteiger charge is 2.15. The molecule has 3 amide bonds. The van der Waals surface area contributed by atoms with Crippen LogP contribution in [0.5, 0.6) is 0 Å². The molecule has 0 aliphatic heterocycles. The highest BCUT2D eigenvalue weighted by molar-refractivity contribution is 5.97. The summed E-state index contributed by atoms with van der Waals surface area (Å²) in [6, 6.07) is 0.844. The Bertz CT molecular complexity index is 451. The molecule has 0 saturated carbocycles. The third kappa shape index (κ3) is 3.71. The Hall–Kier alpha value is -2.18. The number of urea groups is 1. The number of anilines is 1. The molecule has 1 atom stereocenters. The average molecular weight is 243 g/mol. The molecule has 0 spiro atoms. The fourth-order valence-corrected chi connectivity index (χ4v) is 1.14. The quantitative estimate of drug-likeness (QED) is 0.739. The van der Waals surface area contributed by atoms with E-state index in [2.05, 4.69) is 5.32 Å². The SMILES string of the molecule is CC(Nc1cc(F)ccc1F)C(=O)NC(N)=O. The number of benzene rings is 1. The van der Waals surface area contributed by atoms with Crippen LogP contribution in [0.2, 0.25) is 0 Å². The fraction of sp³-hybridized carbons (Fsp3) is 0.200. The van der Waals surface area contributed by atoms with Crippen LogP contribution < -0.4 is 16.4 Å². The first-order valence-corrected chi connectivity index (χ1v) is 4.72. The van der Waals surface area contributed by atoms with Crippen LogP contribution in [0.3, 0.4) is 0 Å². The molecule has 5 nitrogen and oxygen atoms in total. The molecule has 0 fully saturated rings. The second kappa shape index (κ2) is 5.24. The van der Waals surface area contributed by atoms with Crippen molar-refractivity contribution in [2.45, 2.75) is 13.0 Å². The lowest BCUT2D eigenvalue weighted by molar-refractivity contribution is -0.120. The second-order valence-corrected chi connectivity index (χ2v) is 3.34. The number of halogens is 2. The molecule has 1 rings (SSSR count). The molecule has 7 heteroatoms. The molecule has 0 radical (unpaired) electrons. The fourth-order valence-electron chi connectivity index (χ4n) is 1.14. The minimum atomic E-state index is -1.01. The summed E-state index contributed by atoms with van der Waals surface area (Å²) in [5, 5.41) is 4.24. The topological polar surface area (TPSA) is 84.2 Å². The largest absolute Gasteiger partial charge is 0.371 e. The number of primary amides is 1. The lowest BCUT2D eigenvalue weighted by Gasteiger charge is -2.14. The normalized spacial score (nSPS) is 11.7. The van der Waals surface area contributed by atoms with Gasteiger partial charge >= 0.3 is 6.03 Å². The summed E-state index contributed by atoms with van der Waals surface area (Å²) in [6.45, 7) is 1.38. The maximum Gasteiger partial charge on any atom is 0.318 e. The van der Waals surface area contributed by atoms with Crippen molar-refractivity contribution in [1.82, 2.24) is 5.32 Å². The maximum atomic E-state index is 13.2. The number of carbonyl (C=O) groups is 2. The highest BCUT2D eigenvalue weighted by Crippen LogP contribution is 2.16. The van der Waals surface area contributed by atoms with E-state index in [1.165, 1.54) is 6.92 Å². The van der Waals surface area contributed by atoms with Crippen LogP contribution in [0, 0.1) is 11.6 Å². The van der Waals surface area contributed by atoms with Gasteiger partial charge in [-0.1, -0.05) is 0 Å². The third-order valence-corrected chi connectivity index (χ3v) is 1.94. The monoisotopic (exact) mass is 243 g/mol. The third-order valence-electron chi connectivity index (χ3n) is 1.94. The molecule has 0 aliphatic rings. The van der Waals surface area contributed by atoms with E-state index in [0.717, 1.165) is 18.2 Å². The second-order valence-electron chi connectivity index (χ2n) is 3.34. The van der Waals surface area contributed by atoms with Crippen molar-refractivity contribution in [2.24, 2.45) is 5.73 Å². The van der Waals surface area contributed by atoms with Crippen molar-refractivity contribution < 1.29 is 18.4 Å². The first-order chi connectivity index (χ1) is 7.90. The molecule has 1 aromatic rings. The Morgan fingerprint density at radius 1 is 1.35 bits per heavy atom. The van der Waals surface area contributed by atoms with E-state index in [1.54, 1.807) is 0 Å². The van der Waals surface area contributed by atoms with Gasteiger partial charge < -0.3 is 11.1 Å². The molecule has 0 heterocycles. The van der Waals surface area contributed by atoms with Gasteiger partial charge in [0.05, 0.1) is 5.69 Å². The summed E-state index contributed by atoms with van der Waals surface area (Å²) < 4.78 is 26.0. The van der Waals surface area contributed by atoms with Crippen LogP contribution in [0.1, 0.15) is 6.92 Å². The van der Waals surface area contributed by atoms with Crippen molar-refractivity contribution in [3.05, 3.63) is 29.8 Å². The van der Waals surface area contributed by atoms with Crippen LogP contribution in [-0.2, 0) is 4.79 Å². The first kappa shape index (κ1) is 12.9. The molecule has 0 bridgehead atoms. The summed E-state index contributed by atoms with van der Waals surface area (Å²) in [4.78, 5) is 21.7. The van der Waals surface area contributed by atoms with Crippen molar-refractivity contribution in [3.8, 4) is 0 Å². The van der Waals surface area contributed by atoms with Crippen LogP contribution in [0.25, 0.3) is 0 Å². The standard InChI is InChI=1S/C10H11F2N3O2/c1-5(9(16)15-10(13)17)14-8-4-6(11)2-3-7(8)12/h2-5,14H,1H3,(H3,13,15,16,17). The Balaban J connectivity index is 2.73. The molecule has 17 heavy (non-hydrogen) atoms. The van der Waals surface area contributed by atoms with Crippen molar-refractivity contribution >= 4 is 17.6 Å². The van der Waals surface area contributed by atoms with Crippen LogP contribution >= 0.6 is 0 Å². The zero-order chi connectivity index (χ0) is 13.0. The molecule has 0 saturated heterocycles. The summed E-state index contributed by atoms with van der Waals surface area (Å²) in [6.07, 6.45) is 0. The molecule has 92 valence electrons. The number of hydrogen-bond donors (Lipinski definition) is 3. The van der Waals surface area contributed by atoms with E-state index in [4.69, 9.17) is 5.73 Å². The van der Waals surface area contributed by atoms with Crippen LogP contribution in [0.15, 0.2) is 18.2 Å². The van der Waals surface area contributed by atoms with E-state index in [1.807, 2.05) is 5.32 Å². The molecule has 4 N–H and O–H groups in total. The number of hydrogen-bond acceptors (Lipinski definition) is 3. The van der Waals surface area contributed by atoms with Crippen LogP contribution in [0.4, 0.5) is 19.3 Å². The van der Waals surface area contributed by atoms with Gasteiger partial charge in [-0.05, 0) is 25.1 Å². The number of nitrogens with two attached hydrogens (primary N) is 1. The summed E-state index contributed by atoms with van der Waals surface area (Å²) in [5.41, 5.74) is 4.58. The Morgan fingerprint density at radius 3 is 2.59 bits per heavy atom. The van der Waals surface area contributed by atoms with Gasteiger partial charge in [-0.2, -0.15) is 0 Å². The van der Waals surface area contributed by atoms with Gasteiger partial charge in [-0.15, -0.1) is 0 Å². The van der Waals surface area contributed by atoms with Gasteiger partial charge in [-0.25, -0.2) is 13.6 Å². The lowest BCUT2D eigenvalue weighted by Crippen LogP contribution is -2.43. The van der Waals surface area contributed by atoms with E-state index in [-0.39, 0.29) is 5.69 Å². The summed E-state index contributed by atoms with van der Waals surface area (Å²) in [7, 11) is 0. The lowest BCUT2D eigenvalue weighted by atomic mass is 10.2. The number of carbonyl (C=O) groups excluding carboxylic acids is 2. The smallest absolute Gasteiger partial charge is 0.318 e. The Morgan fingerprint density at radius 2 is 2.00 bits per heavy atom. The maximum absolute atomic E-state index is 13.2. The number of nitrogens with one attached hydrogen (secondary N) is 2. The molecule has 0 aromatic heterocycles. The minimum Gasteiger partial charge on any atom is -0.371 e. The molecular formula is C10H11F2N3O2. The summed E-state index contributed by atoms with van der Waals surface area (Å²) in [5.74, 6) is -2.08. The predicted octanol–water partition coefficient (Wildman–Crippen LogP) is 0.960. The Labute approximate surface area is 96.0 Å². The number of amides is 3. The number of rotatable bonds is 3. The molecule has 1 unspecified atom stereocenters. The van der Waals surface area contributed by atoms with Crippen molar-refractivity contribution in [1.29, 1.82) is 0 Å². The first-order valence-electron chi connectivity index (χ1n) is 4.72. The van der Waals surface area contributed by atoms with E-state index in [0.29, 0.717) is 0 Å². The van der Waals surface area contributed by atoms with Gasteiger partial charge in [0.25, 0.3) is 0 Å². The van der Waals surface area contributed by atoms with E-state index >= 15 is 0 Å². The van der Waals surface area contributed by atoms with E-state index in [9.17, 15) is 18.4 Å². The molecule has 0 aliphatic carbocycles.